The number of ether oxygens (including phenoxy) is 4. The summed E-state index contributed by atoms with van der Waals surface area (Å²) in [6.07, 6.45) is 2.38. The summed E-state index contributed by atoms with van der Waals surface area (Å²) in [5.74, 6) is -3.96. The smallest absolute Gasteiger partial charge is 0.452 e. The first-order valence-corrected chi connectivity index (χ1v) is 12.1. The van der Waals surface area contributed by atoms with Crippen LogP contribution in [0.25, 0.3) is 0 Å². The monoisotopic (exact) mass is 560 g/mol. The van der Waals surface area contributed by atoms with E-state index in [0.717, 1.165) is 11.6 Å². The third kappa shape index (κ3) is 6.57. The zero-order valence-corrected chi connectivity index (χ0v) is 21.0. The summed E-state index contributed by atoms with van der Waals surface area (Å²) >= 11 is 0. The van der Waals surface area contributed by atoms with Gasteiger partial charge in [0, 0.05) is 27.7 Å². The lowest BCUT2D eigenvalue weighted by Gasteiger charge is -2.32. The van der Waals surface area contributed by atoms with Gasteiger partial charge in [-0.25, -0.2) is 9.59 Å². The molecule has 0 amide bonds. The van der Waals surface area contributed by atoms with Gasteiger partial charge in [-0.1, -0.05) is 31.7 Å². The van der Waals surface area contributed by atoms with E-state index in [4.69, 9.17) is 18.9 Å². The van der Waals surface area contributed by atoms with Crippen molar-refractivity contribution in [2.24, 2.45) is 0 Å². The Hall–Kier alpha value is -3.74. The Morgan fingerprint density at radius 2 is 1.34 bits per heavy atom. The van der Waals surface area contributed by atoms with E-state index in [9.17, 15) is 31.2 Å². The number of cyclic esters (lactones) is 2. The lowest BCUT2D eigenvalue weighted by Crippen LogP contribution is -2.39. The minimum atomic E-state index is -5.90. The van der Waals surface area contributed by atoms with Crippen LogP contribution in [0.3, 0.4) is 0 Å². The minimum absolute atomic E-state index is 0. The number of hydrogen-bond acceptors (Lipinski definition) is 9. The SMILES string of the molecule is C.C=CCc1cccc2c1C(=O)OC(C)(C)O2.CC1(C)OC(=O)c2c(cccc2OS(=O)(=O)C(F)(F)F)O1. The fraction of sp³-hybridized carbons (Fsp3) is 0.360. The summed E-state index contributed by atoms with van der Waals surface area (Å²) in [4.78, 5) is 23.7. The molecule has 13 heteroatoms. The molecule has 2 aliphatic rings. The highest BCUT2D eigenvalue weighted by molar-refractivity contribution is 7.88. The quantitative estimate of drug-likeness (QED) is 0.206. The Morgan fingerprint density at radius 1 is 0.868 bits per heavy atom. The third-order valence-corrected chi connectivity index (χ3v) is 5.71. The molecule has 0 N–H and O–H groups in total. The van der Waals surface area contributed by atoms with Gasteiger partial charge in [-0.05, 0) is 30.2 Å². The lowest BCUT2D eigenvalue weighted by atomic mass is 10.0. The molecule has 9 nitrogen and oxygen atoms in total. The van der Waals surface area contributed by atoms with Crippen molar-refractivity contribution in [3.8, 4) is 17.2 Å². The second-order valence-electron chi connectivity index (χ2n) is 8.68. The molecule has 4 rings (SSSR count). The molecule has 0 fully saturated rings. The van der Waals surface area contributed by atoms with Crippen molar-refractivity contribution in [3.05, 3.63) is 65.7 Å². The summed E-state index contributed by atoms with van der Waals surface area (Å²) in [5, 5.41) is 0. The highest BCUT2D eigenvalue weighted by atomic mass is 32.2. The van der Waals surface area contributed by atoms with Gasteiger partial charge in [-0.2, -0.15) is 21.6 Å². The molecule has 0 saturated heterocycles. The zero-order chi connectivity index (χ0) is 27.8. The van der Waals surface area contributed by atoms with Gasteiger partial charge in [-0.15, -0.1) is 6.58 Å². The molecule has 0 unspecified atom stereocenters. The number of esters is 2. The second-order valence-corrected chi connectivity index (χ2v) is 10.2. The number of benzene rings is 2. The van der Waals surface area contributed by atoms with Crippen LogP contribution in [0.2, 0.25) is 0 Å². The van der Waals surface area contributed by atoms with Gasteiger partial charge < -0.3 is 23.1 Å². The van der Waals surface area contributed by atoms with Crippen molar-refractivity contribution in [3.63, 3.8) is 0 Å². The number of alkyl halides is 3. The second kappa shape index (κ2) is 10.6. The summed E-state index contributed by atoms with van der Waals surface area (Å²) in [5.41, 5.74) is -4.74. The minimum Gasteiger partial charge on any atom is -0.452 e. The van der Waals surface area contributed by atoms with Gasteiger partial charge in [0.05, 0.1) is 0 Å². The van der Waals surface area contributed by atoms with Crippen LogP contribution in [-0.4, -0.2) is 37.4 Å². The van der Waals surface area contributed by atoms with E-state index < -0.39 is 44.5 Å². The maximum Gasteiger partial charge on any atom is 0.534 e. The van der Waals surface area contributed by atoms with Gasteiger partial charge in [-0.3, -0.25) is 0 Å². The van der Waals surface area contributed by atoms with Crippen molar-refractivity contribution in [1.29, 1.82) is 0 Å². The Morgan fingerprint density at radius 3 is 1.84 bits per heavy atom. The number of carbonyl (C=O) groups excluding carboxylic acids is 2. The number of carbonyl (C=O) groups is 2. The van der Waals surface area contributed by atoms with Crippen molar-refractivity contribution in [1.82, 2.24) is 0 Å². The molecular formula is C25H27F3O9S. The maximum atomic E-state index is 12.3. The van der Waals surface area contributed by atoms with Gasteiger partial charge in [0.2, 0.25) is 11.6 Å². The number of allylic oxidation sites excluding steroid dienone is 1. The zero-order valence-electron chi connectivity index (χ0n) is 20.2. The largest absolute Gasteiger partial charge is 0.534 e. The summed E-state index contributed by atoms with van der Waals surface area (Å²) in [7, 11) is -5.90. The fourth-order valence-electron chi connectivity index (χ4n) is 3.37. The van der Waals surface area contributed by atoms with E-state index in [1.165, 1.54) is 26.0 Å². The van der Waals surface area contributed by atoms with Gasteiger partial charge >= 0.3 is 27.6 Å². The Kier molecular flexibility index (Phi) is 8.47. The van der Waals surface area contributed by atoms with Crippen molar-refractivity contribution >= 4 is 22.1 Å². The lowest BCUT2D eigenvalue weighted by molar-refractivity contribution is -0.128. The van der Waals surface area contributed by atoms with Crippen LogP contribution in [0.5, 0.6) is 17.2 Å². The van der Waals surface area contributed by atoms with Crippen LogP contribution in [0.15, 0.2) is 49.1 Å². The van der Waals surface area contributed by atoms with E-state index in [1.807, 2.05) is 12.1 Å². The topological polar surface area (TPSA) is 114 Å². The van der Waals surface area contributed by atoms with Crippen molar-refractivity contribution < 1.29 is 54.3 Å². The molecule has 0 aliphatic carbocycles. The molecular weight excluding hydrogens is 533 g/mol. The van der Waals surface area contributed by atoms with Gasteiger partial charge in [0.25, 0.3) is 0 Å². The van der Waals surface area contributed by atoms with Crippen molar-refractivity contribution in [2.75, 3.05) is 0 Å². The van der Waals surface area contributed by atoms with E-state index in [0.29, 0.717) is 17.7 Å². The molecule has 2 aliphatic heterocycles. The number of fused-ring (bicyclic) bond motifs is 2. The molecule has 2 aromatic carbocycles. The van der Waals surface area contributed by atoms with E-state index in [1.54, 1.807) is 26.0 Å². The predicted octanol–water partition coefficient (Wildman–Crippen LogP) is 5.54. The third-order valence-electron chi connectivity index (χ3n) is 4.74. The van der Waals surface area contributed by atoms with Crippen LogP contribution in [0.1, 0.15) is 61.4 Å². The Labute approximate surface area is 218 Å². The molecule has 2 heterocycles. The molecule has 208 valence electrons. The number of hydrogen-bond donors (Lipinski definition) is 0. The van der Waals surface area contributed by atoms with Gasteiger partial charge in [0.15, 0.2) is 5.75 Å². The Balaban J connectivity index is 0.000000269. The summed E-state index contributed by atoms with van der Waals surface area (Å²) in [6, 6.07) is 8.89. The molecule has 0 bridgehead atoms. The molecule has 0 aromatic heterocycles. The average molecular weight is 561 g/mol. The standard InChI is InChI=1S/C13H14O3.C11H9F3O6S.CH4/c1-4-6-9-7-5-8-10-11(9)12(14)16-13(2,3)15-10;1-10(2)18-6-4-3-5-7(8(6)9(15)19-10)20-21(16,17)11(12,13)14;/h4-5,7-8H,1,6H2,2-3H3;3-5H,1-2H3;1H4. The van der Waals surface area contributed by atoms with Crippen LogP contribution < -0.4 is 13.7 Å². The summed E-state index contributed by atoms with van der Waals surface area (Å²) in [6.45, 7) is 9.92. The van der Waals surface area contributed by atoms with Crippen molar-refractivity contribution in [2.45, 2.75) is 58.6 Å². The normalized spacial score (nSPS) is 16.8. The first-order valence-electron chi connectivity index (χ1n) is 10.7. The first kappa shape index (κ1) is 30.5. The van der Waals surface area contributed by atoms with E-state index in [2.05, 4.69) is 10.8 Å². The molecule has 0 radical (unpaired) electrons. The highest BCUT2D eigenvalue weighted by Gasteiger charge is 2.49. The molecule has 0 atom stereocenters. The highest BCUT2D eigenvalue weighted by Crippen LogP contribution is 2.39. The van der Waals surface area contributed by atoms with Crippen LogP contribution in [0.4, 0.5) is 13.2 Å². The molecule has 0 spiro atoms. The Bertz CT molecular complexity index is 1350. The molecule has 38 heavy (non-hydrogen) atoms. The van der Waals surface area contributed by atoms with Crippen LogP contribution >= 0.6 is 0 Å². The fourth-order valence-corrected chi connectivity index (χ4v) is 3.84. The number of rotatable bonds is 4. The first-order chi connectivity index (χ1) is 17.0. The molecule has 0 saturated carbocycles. The maximum absolute atomic E-state index is 12.3. The molecule has 2 aromatic rings. The summed E-state index contributed by atoms with van der Waals surface area (Å²) < 4.78 is 83.8. The van der Waals surface area contributed by atoms with E-state index >= 15 is 0 Å². The van der Waals surface area contributed by atoms with Crippen LogP contribution in [-0.2, 0) is 26.0 Å². The van der Waals surface area contributed by atoms with Gasteiger partial charge in [0.1, 0.15) is 22.6 Å². The van der Waals surface area contributed by atoms with E-state index in [-0.39, 0.29) is 19.1 Å². The number of halogens is 3. The average Bonchev–Trinajstić information content (AvgIpc) is 2.71. The van der Waals surface area contributed by atoms with Crippen LogP contribution in [0, 0.1) is 0 Å². The predicted molar refractivity (Wildman–Crippen MR) is 129 cm³/mol.